The summed E-state index contributed by atoms with van der Waals surface area (Å²) in [5.74, 6) is 2.24. The second-order valence-corrected chi connectivity index (χ2v) is 6.72. The van der Waals surface area contributed by atoms with Gasteiger partial charge in [-0.2, -0.15) is 10.1 Å². The van der Waals surface area contributed by atoms with Crippen molar-refractivity contribution in [2.45, 2.75) is 44.6 Å². The Labute approximate surface area is 158 Å². The van der Waals surface area contributed by atoms with Gasteiger partial charge in [0.05, 0.1) is 31.1 Å². The van der Waals surface area contributed by atoms with Gasteiger partial charge < -0.3 is 20.1 Å². The van der Waals surface area contributed by atoms with Crippen LogP contribution in [0.4, 0.5) is 17.5 Å². The average molecular weight is 378 g/mol. The number of halogens is 1. The van der Waals surface area contributed by atoms with Gasteiger partial charge in [0.2, 0.25) is 5.95 Å². The second kappa shape index (κ2) is 8.89. The number of nitrogens with one attached hydrogen (secondary N) is 2. The van der Waals surface area contributed by atoms with Crippen LogP contribution in [0.25, 0.3) is 0 Å². The van der Waals surface area contributed by atoms with Crippen molar-refractivity contribution in [1.82, 2.24) is 15.2 Å². The third-order valence-corrected chi connectivity index (χ3v) is 4.78. The minimum absolute atomic E-state index is 0.403. The number of aromatic nitrogens is 3. The van der Waals surface area contributed by atoms with Crippen molar-refractivity contribution < 1.29 is 9.47 Å². The van der Waals surface area contributed by atoms with E-state index in [2.05, 4.69) is 25.8 Å². The lowest BCUT2D eigenvalue weighted by Gasteiger charge is -2.16. The van der Waals surface area contributed by atoms with Crippen LogP contribution in [-0.4, -0.2) is 35.4 Å². The number of benzene rings is 1. The summed E-state index contributed by atoms with van der Waals surface area (Å²) in [6, 6.07) is 3.86. The van der Waals surface area contributed by atoms with Gasteiger partial charge in [-0.3, -0.25) is 0 Å². The van der Waals surface area contributed by atoms with Gasteiger partial charge in [0.15, 0.2) is 5.82 Å². The van der Waals surface area contributed by atoms with Crippen LogP contribution >= 0.6 is 11.6 Å². The molecular weight excluding hydrogens is 354 g/mol. The highest BCUT2D eigenvalue weighted by Crippen LogP contribution is 2.37. The minimum Gasteiger partial charge on any atom is -0.495 e. The van der Waals surface area contributed by atoms with Crippen LogP contribution in [0.5, 0.6) is 11.5 Å². The minimum atomic E-state index is 0.403. The molecule has 8 heteroatoms. The Morgan fingerprint density at radius 3 is 2.46 bits per heavy atom. The molecular formula is C18H24ClN5O2. The van der Waals surface area contributed by atoms with Crippen LogP contribution in [0.1, 0.15) is 38.5 Å². The SMILES string of the molecule is COc1cc(Nc2cnnc(NC3CCCCCC3)n2)c(OC)cc1Cl. The fourth-order valence-corrected chi connectivity index (χ4v) is 3.36. The first-order chi connectivity index (χ1) is 12.7. The predicted molar refractivity (Wildman–Crippen MR) is 103 cm³/mol. The largest absolute Gasteiger partial charge is 0.495 e. The number of rotatable bonds is 6. The number of methoxy groups -OCH3 is 2. The molecule has 0 spiro atoms. The molecule has 0 atom stereocenters. The van der Waals surface area contributed by atoms with E-state index in [4.69, 9.17) is 21.1 Å². The number of ether oxygens (including phenoxy) is 2. The van der Waals surface area contributed by atoms with Crippen molar-refractivity contribution in [2.75, 3.05) is 24.9 Å². The zero-order valence-electron chi connectivity index (χ0n) is 15.1. The third-order valence-electron chi connectivity index (χ3n) is 4.48. The van der Waals surface area contributed by atoms with Crippen LogP contribution in [0.2, 0.25) is 5.02 Å². The zero-order chi connectivity index (χ0) is 18.4. The van der Waals surface area contributed by atoms with Gasteiger partial charge in [-0.15, -0.1) is 5.10 Å². The monoisotopic (exact) mass is 377 g/mol. The Hall–Kier alpha value is -2.28. The van der Waals surface area contributed by atoms with Crippen molar-refractivity contribution in [3.63, 3.8) is 0 Å². The molecule has 1 aromatic carbocycles. The molecule has 0 amide bonds. The first-order valence-electron chi connectivity index (χ1n) is 8.84. The third kappa shape index (κ3) is 4.66. The van der Waals surface area contributed by atoms with E-state index < -0.39 is 0 Å². The number of hydrogen-bond donors (Lipinski definition) is 2. The first-order valence-corrected chi connectivity index (χ1v) is 9.22. The summed E-state index contributed by atoms with van der Waals surface area (Å²) in [7, 11) is 3.15. The topological polar surface area (TPSA) is 81.2 Å². The average Bonchev–Trinajstić information content (AvgIpc) is 2.92. The van der Waals surface area contributed by atoms with E-state index in [1.54, 1.807) is 32.5 Å². The molecule has 140 valence electrons. The molecule has 26 heavy (non-hydrogen) atoms. The molecule has 2 aromatic rings. The van der Waals surface area contributed by atoms with E-state index in [0.717, 1.165) is 12.8 Å². The van der Waals surface area contributed by atoms with E-state index in [1.165, 1.54) is 25.7 Å². The quantitative estimate of drug-likeness (QED) is 0.721. The maximum atomic E-state index is 6.15. The maximum Gasteiger partial charge on any atom is 0.244 e. The zero-order valence-corrected chi connectivity index (χ0v) is 15.8. The summed E-state index contributed by atoms with van der Waals surface area (Å²) in [4.78, 5) is 4.52. The molecule has 1 aliphatic rings. The highest BCUT2D eigenvalue weighted by molar-refractivity contribution is 6.32. The molecule has 3 rings (SSSR count). The van der Waals surface area contributed by atoms with Crippen LogP contribution in [-0.2, 0) is 0 Å². The molecule has 2 N–H and O–H groups in total. The number of anilines is 3. The van der Waals surface area contributed by atoms with Crippen molar-refractivity contribution in [1.29, 1.82) is 0 Å². The van der Waals surface area contributed by atoms with Gasteiger partial charge >= 0.3 is 0 Å². The highest BCUT2D eigenvalue weighted by Gasteiger charge is 2.15. The lowest BCUT2D eigenvalue weighted by atomic mass is 10.1. The lowest BCUT2D eigenvalue weighted by molar-refractivity contribution is 0.405. The van der Waals surface area contributed by atoms with Crippen molar-refractivity contribution in [3.05, 3.63) is 23.4 Å². The van der Waals surface area contributed by atoms with Crippen LogP contribution < -0.4 is 20.1 Å². The van der Waals surface area contributed by atoms with Gasteiger partial charge in [-0.05, 0) is 12.8 Å². The fourth-order valence-electron chi connectivity index (χ4n) is 3.13. The Morgan fingerprint density at radius 2 is 1.77 bits per heavy atom. The van der Waals surface area contributed by atoms with Gasteiger partial charge in [-0.1, -0.05) is 37.3 Å². The van der Waals surface area contributed by atoms with E-state index in [1.807, 2.05) is 0 Å². The first kappa shape index (κ1) is 18.5. The molecule has 1 saturated carbocycles. The molecule has 1 heterocycles. The Morgan fingerprint density at radius 1 is 1.04 bits per heavy atom. The highest BCUT2D eigenvalue weighted by atomic mass is 35.5. The summed E-state index contributed by atoms with van der Waals surface area (Å²) < 4.78 is 10.7. The van der Waals surface area contributed by atoms with Crippen LogP contribution in [0.15, 0.2) is 18.3 Å². The van der Waals surface area contributed by atoms with Crippen molar-refractivity contribution in [3.8, 4) is 11.5 Å². The molecule has 0 saturated heterocycles. The normalized spacial score (nSPS) is 15.2. The summed E-state index contributed by atoms with van der Waals surface area (Å²) in [6.07, 6.45) is 8.94. The number of nitrogens with zero attached hydrogens (tertiary/aromatic N) is 3. The predicted octanol–water partition coefficient (Wildman–Crippen LogP) is 4.42. The van der Waals surface area contributed by atoms with Gasteiger partial charge in [0.25, 0.3) is 0 Å². The standard InChI is InChI=1S/C18H24ClN5O2/c1-25-15-10-14(16(26-2)9-13(15)19)22-17-11-20-24-18(23-17)21-12-7-5-3-4-6-8-12/h9-12H,3-8H2,1-2H3,(H2,21,22,23,24). The Balaban J connectivity index is 1.76. The molecule has 1 aromatic heterocycles. The van der Waals surface area contributed by atoms with E-state index >= 15 is 0 Å². The lowest BCUT2D eigenvalue weighted by Crippen LogP contribution is -2.20. The summed E-state index contributed by atoms with van der Waals surface area (Å²) in [5, 5.41) is 15.2. The van der Waals surface area contributed by atoms with Gasteiger partial charge in [0, 0.05) is 18.2 Å². The Bertz CT molecular complexity index is 736. The van der Waals surface area contributed by atoms with Crippen molar-refractivity contribution in [2.24, 2.45) is 0 Å². The molecule has 0 unspecified atom stereocenters. The van der Waals surface area contributed by atoms with Crippen LogP contribution in [0, 0.1) is 0 Å². The summed E-state index contributed by atoms with van der Waals surface area (Å²) in [6.45, 7) is 0. The summed E-state index contributed by atoms with van der Waals surface area (Å²) >= 11 is 6.15. The smallest absolute Gasteiger partial charge is 0.244 e. The second-order valence-electron chi connectivity index (χ2n) is 6.31. The Kier molecular flexibility index (Phi) is 6.33. The van der Waals surface area contributed by atoms with Gasteiger partial charge in [-0.25, -0.2) is 0 Å². The summed E-state index contributed by atoms with van der Waals surface area (Å²) in [5.41, 5.74) is 0.690. The molecule has 0 radical (unpaired) electrons. The van der Waals surface area contributed by atoms with Crippen molar-refractivity contribution >= 4 is 29.1 Å². The molecule has 1 fully saturated rings. The van der Waals surface area contributed by atoms with Gasteiger partial charge in [0.1, 0.15) is 11.5 Å². The molecule has 1 aliphatic carbocycles. The van der Waals surface area contributed by atoms with E-state index in [-0.39, 0.29) is 0 Å². The van der Waals surface area contributed by atoms with E-state index in [9.17, 15) is 0 Å². The maximum absolute atomic E-state index is 6.15. The van der Waals surface area contributed by atoms with E-state index in [0.29, 0.717) is 40.0 Å². The molecule has 0 aliphatic heterocycles. The molecule has 7 nitrogen and oxygen atoms in total. The fraction of sp³-hybridized carbons (Fsp3) is 0.500. The number of hydrogen-bond acceptors (Lipinski definition) is 7. The molecule has 0 bridgehead atoms. The van der Waals surface area contributed by atoms with Crippen LogP contribution in [0.3, 0.4) is 0 Å².